The topological polar surface area (TPSA) is 86.8 Å². The van der Waals surface area contributed by atoms with Crippen LogP contribution in [0.15, 0.2) is 30.3 Å². The monoisotopic (exact) mass is 389 g/mol. The fourth-order valence-electron chi connectivity index (χ4n) is 2.83. The van der Waals surface area contributed by atoms with Crippen LogP contribution in [0.1, 0.15) is 12.0 Å². The molecule has 0 spiro atoms. The molecule has 0 radical (unpaired) electrons. The minimum Gasteiger partial charge on any atom is -0.299 e. The van der Waals surface area contributed by atoms with E-state index in [0.717, 1.165) is 12.0 Å². The molecule has 1 aromatic rings. The van der Waals surface area contributed by atoms with E-state index in [1.807, 2.05) is 30.3 Å². The first-order valence-electron chi connectivity index (χ1n) is 8.45. The molecule has 2 rings (SSSR count). The molecule has 0 saturated carbocycles. The van der Waals surface area contributed by atoms with E-state index in [4.69, 9.17) is 0 Å². The van der Waals surface area contributed by atoms with Crippen LogP contribution >= 0.6 is 0 Å². The lowest BCUT2D eigenvalue weighted by Crippen LogP contribution is -2.50. The molecule has 0 bridgehead atoms. The molecule has 1 heterocycles. The van der Waals surface area contributed by atoms with Crippen molar-refractivity contribution in [2.75, 3.05) is 51.3 Å². The standard InChI is InChI=1S/C16H27N3O4S2/c1-24(20,21)19-13-11-18(12-14-19)10-9-17-25(22,23)15-5-8-16-6-3-2-4-7-16/h2-4,6-7,17H,5,8-15H2,1H3. The SMILES string of the molecule is CS(=O)(=O)N1CCN(CCNS(=O)(=O)CCCc2ccccc2)CC1. The molecule has 7 nitrogen and oxygen atoms in total. The van der Waals surface area contributed by atoms with E-state index in [0.29, 0.717) is 45.7 Å². The molecular formula is C16H27N3O4S2. The summed E-state index contributed by atoms with van der Waals surface area (Å²) in [4.78, 5) is 2.08. The van der Waals surface area contributed by atoms with Gasteiger partial charge in [0.2, 0.25) is 20.0 Å². The summed E-state index contributed by atoms with van der Waals surface area (Å²) in [7, 11) is -6.40. The average Bonchev–Trinajstić information content (AvgIpc) is 2.55. The highest BCUT2D eigenvalue weighted by Gasteiger charge is 2.23. The maximum atomic E-state index is 12.0. The van der Waals surface area contributed by atoms with Gasteiger partial charge in [0.15, 0.2) is 0 Å². The quantitative estimate of drug-likeness (QED) is 0.648. The van der Waals surface area contributed by atoms with Gasteiger partial charge >= 0.3 is 0 Å². The van der Waals surface area contributed by atoms with Crippen LogP contribution in [-0.4, -0.2) is 77.3 Å². The summed E-state index contributed by atoms with van der Waals surface area (Å²) in [5.41, 5.74) is 1.14. The molecule has 0 amide bonds. The molecule has 0 atom stereocenters. The van der Waals surface area contributed by atoms with Gasteiger partial charge in [0.1, 0.15) is 0 Å². The summed E-state index contributed by atoms with van der Waals surface area (Å²) in [5, 5.41) is 0. The highest BCUT2D eigenvalue weighted by atomic mass is 32.2. The van der Waals surface area contributed by atoms with Crippen molar-refractivity contribution in [3.8, 4) is 0 Å². The Morgan fingerprint density at radius 1 is 1.00 bits per heavy atom. The lowest BCUT2D eigenvalue weighted by molar-refractivity contribution is 0.192. The Morgan fingerprint density at radius 2 is 1.64 bits per heavy atom. The van der Waals surface area contributed by atoms with Crippen LogP contribution in [0.25, 0.3) is 0 Å². The Bertz CT molecular complexity index is 728. The van der Waals surface area contributed by atoms with Crippen molar-refractivity contribution < 1.29 is 16.8 Å². The predicted octanol–water partition coefficient (Wildman–Crippen LogP) is 0.116. The molecule has 1 saturated heterocycles. The fraction of sp³-hybridized carbons (Fsp3) is 0.625. The van der Waals surface area contributed by atoms with Crippen molar-refractivity contribution in [1.29, 1.82) is 0 Å². The van der Waals surface area contributed by atoms with Gasteiger partial charge in [-0.2, -0.15) is 4.31 Å². The van der Waals surface area contributed by atoms with E-state index in [-0.39, 0.29) is 5.75 Å². The van der Waals surface area contributed by atoms with Crippen LogP contribution in [0, 0.1) is 0 Å². The second-order valence-electron chi connectivity index (χ2n) is 6.31. The van der Waals surface area contributed by atoms with Gasteiger partial charge in [-0.25, -0.2) is 21.6 Å². The summed E-state index contributed by atoms with van der Waals surface area (Å²) >= 11 is 0. The zero-order valence-corrected chi connectivity index (χ0v) is 16.2. The molecule has 0 unspecified atom stereocenters. The zero-order chi connectivity index (χ0) is 18.3. The third-order valence-corrected chi connectivity index (χ3v) is 7.04. The number of piperazine rings is 1. The van der Waals surface area contributed by atoms with Crippen LogP contribution < -0.4 is 4.72 Å². The normalized spacial score (nSPS) is 17.6. The minimum absolute atomic E-state index is 0.115. The maximum absolute atomic E-state index is 12.0. The average molecular weight is 390 g/mol. The smallest absolute Gasteiger partial charge is 0.211 e. The second kappa shape index (κ2) is 9.09. The Hall–Kier alpha value is -1.00. The number of sulfonamides is 2. The summed E-state index contributed by atoms with van der Waals surface area (Å²) < 4.78 is 51.1. The van der Waals surface area contributed by atoms with Gasteiger partial charge in [-0.1, -0.05) is 30.3 Å². The Kier molecular flexibility index (Phi) is 7.38. The van der Waals surface area contributed by atoms with Crippen molar-refractivity contribution >= 4 is 20.0 Å². The number of aryl methyl sites for hydroxylation is 1. The molecule has 1 aliphatic heterocycles. The van der Waals surface area contributed by atoms with Crippen molar-refractivity contribution in [1.82, 2.24) is 13.9 Å². The summed E-state index contributed by atoms with van der Waals surface area (Å²) in [6.07, 6.45) is 2.55. The first-order valence-corrected chi connectivity index (χ1v) is 11.9. The Morgan fingerprint density at radius 3 is 2.24 bits per heavy atom. The van der Waals surface area contributed by atoms with Gasteiger partial charge < -0.3 is 0 Å². The van der Waals surface area contributed by atoms with Gasteiger partial charge in [-0.15, -0.1) is 0 Å². The molecule has 1 aromatic carbocycles. The van der Waals surface area contributed by atoms with E-state index in [2.05, 4.69) is 9.62 Å². The molecule has 0 aliphatic carbocycles. The first-order chi connectivity index (χ1) is 11.8. The highest BCUT2D eigenvalue weighted by Crippen LogP contribution is 2.06. The van der Waals surface area contributed by atoms with Gasteiger partial charge in [0, 0.05) is 39.3 Å². The number of hydrogen-bond acceptors (Lipinski definition) is 5. The van der Waals surface area contributed by atoms with Crippen molar-refractivity contribution in [3.63, 3.8) is 0 Å². The van der Waals surface area contributed by atoms with E-state index in [1.165, 1.54) is 10.6 Å². The molecule has 1 fully saturated rings. The third-order valence-electron chi connectivity index (χ3n) is 4.27. The van der Waals surface area contributed by atoms with Crippen molar-refractivity contribution in [3.05, 3.63) is 35.9 Å². The predicted molar refractivity (Wildman–Crippen MR) is 99.4 cm³/mol. The molecule has 142 valence electrons. The van der Waals surface area contributed by atoms with Crippen LogP contribution in [-0.2, 0) is 26.5 Å². The van der Waals surface area contributed by atoms with E-state index < -0.39 is 20.0 Å². The number of nitrogens with zero attached hydrogens (tertiary/aromatic N) is 2. The number of benzene rings is 1. The van der Waals surface area contributed by atoms with Crippen LogP contribution in [0.4, 0.5) is 0 Å². The lowest BCUT2D eigenvalue weighted by Gasteiger charge is -2.33. The summed E-state index contributed by atoms with van der Waals surface area (Å²) in [6.45, 7) is 3.12. The highest BCUT2D eigenvalue weighted by molar-refractivity contribution is 7.89. The largest absolute Gasteiger partial charge is 0.299 e. The van der Waals surface area contributed by atoms with Crippen LogP contribution in [0.5, 0.6) is 0 Å². The number of nitrogens with one attached hydrogen (secondary N) is 1. The molecule has 1 aliphatic rings. The van der Waals surface area contributed by atoms with E-state index >= 15 is 0 Å². The van der Waals surface area contributed by atoms with E-state index in [9.17, 15) is 16.8 Å². The number of rotatable bonds is 9. The molecule has 9 heteroatoms. The van der Waals surface area contributed by atoms with Gasteiger partial charge in [-0.05, 0) is 18.4 Å². The molecule has 25 heavy (non-hydrogen) atoms. The van der Waals surface area contributed by atoms with Gasteiger partial charge in [0.05, 0.1) is 12.0 Å². The number of hydrogen-bond donors (Lipinski definition) is 1. The van der Waals surface area contributed by atoms with Gasteiger partial charge in [-0.3, -0.25) is 4.90 Å². The Labute approximate surface area is 151 Å². The van der Waals surface area contributed by atoms with Crippen molar-refractivity contribution in [2.24, 2.45) is 0 Å². The minimum atomic E-state index is -3.27. The maximum Gasteiger partial charge on any atom is 0.211 e. The first kappa shape index (κ1) is 20.3. The molecule has 0 aromatic heterocycles. The van der Waals surface area contributed by atoms with Gasteiger partial charge in [0.25, 0.3) is 0 Å². The Balaban J connectivity index is 1.64. The van der Waals surface area contributed by atoms with E-state index in [1.54, 1.807) is 0 Å². The molecule has 1 N–H and O–H groups in total. The van der Waals surface area contributed by atoms with Crippen LogP contribution in [0.3, 0.4) is 0 Å². The lowest BCUT2D eigenvalue weighted by atomic mass is 10.1. The molecular weight excluding hydrogens is 362 g/mol. The third kappa shape index (κ3) is 7.41. The summed E-state index contributed by atoms with van der Waals surface area (Å²) in [6, 6.07) is 9.83. The van der Waals surface area contributed by atoms with Crippen LogP contribution in [0.2, 0.25) is 0 Å². The zero-order valence-electron chi connectivity index (χ0n) is 14.6. The fourth-order valence-corrected chi connectivity index (χ4v) is 4.72. The second-order valence-corrected chi connectivity index (χ2v) is 10.2. The summed E-state index contributed by atoms with van der Waals surface area (Å²) in [5.74, 6) is 0.115. The van der Waals surface area contributed by atoms with Crippen molar-refractivity contribution in [2.45, 2.75) is 12.8 Å².